The standard InChI is InChI=1S/C28H29ClN2O2/c29-23-10-8-22(9-11-23)28(14-4-15-28)26-25-19-24(12-7-20(25)13-16-30-26)33-18-17-31-27(32)21-5-2-1-3-6-21/h1-3,5-12,19,26,30H,4,13-18H2,(H,31,32). The van der Waals surface area contributed by atoms with Gasteiger partial charge in [-0.15, -0.1) is 0 Å². The molecule has 1 heterocycles. The second-order valence-electron chi connectivity index (χ2n) is 8.98. The molecule has 3 aromatic carbocycles. The van der Waals surface area contributed by atoms with Crippen LogP contribution in [0.1, 0.15) is 52.4 Å². The summed E-state index contributed by atoms with van der Waals surface area (Å²) in [5, 5.41) is 7.51. The molecule has 0 bridgehead atoms. The zero-order valence-electron chi connectivity index (χ0n) is 18.6. The first-order chi connectivity index (χ1) is 16.2. The van der Waals surface area contributed by atoms with Gasteiger partial charge in [0.15, 0.2) is 0 Å². The average Bonchev–Trinajstić information content (AvgIpc) is 2.83. The summed E-state index contributed by atoms with van der Waals surface area (Å²) in [4.78, 5) is 12.2. The molecular formula is C28H29ClN2O2. The Hall–Kier alpha value is -2.82. The van der Waals surface area contributed by atoms with Crippen LogP contribution in [0.4, 0.5) is 0 Å². The third-order valence-electron chi connectivity index (χ3n) is 7.08. The number of nitrogens with one attached hydrogen (secondary N) is 2. The summed E-state index contributed by atoms with van der Waals surface area (Å²) in [5.74, 6) is 0.769. The number of carbonyl (C=O) groups excluding carboxylic acids is 1. The normalized spacial score (nSPS) is 18.6. The molecule has 5 rings (SSSR count). The maximum atomic E-state index is 12.2. The van der Waals surface area contributed by atoms with E-state index in [9.17, 15) is 4.79 Å². The molecule has 1 amide bonds. The maximum absolute atomic E-state index is 12.2. The Morgan fingerprint density at radius 2 is 1.85 bits per heavy atom. The van der Waals surface area contributed by atoms with Crippen molar-refractivity contribution >= 4 is 17.5 Å². The zero-order valence-corrected chi connectivity index (χ0v) is 19.4. The molecule has 2 aliphatic rings. The molecule has 4 nitrogen and oxygen atoms in total. The molecule has 1 fully saturated rings. The number of rotatable bonds is 7. The van der Waals surface area contributed by atoms with Gasteiger partial charge in [-0.25, -0.2) is 0 Å². The SMILES string of the molecule is O=C(NCCOc1ccc2c(c1)C(C1(c3ccc(Cl)cc3)CCC1)NCC2)c1ccccc1. The summed E-state index contributed by atoms with van der Waals surface area (Å²) in [6.45, 7) is 1.87. The lowest BCUT2D eigenvalue weighted by atomic mass is 9.58. The van der Waals surface area contributed by atoms with Crippen molar-refractivity contribution in [2.24, 2.45) is 0 Å². The van der Waals surface area contributed by atoms with Crippen molar-refractivity contribution < 1.29 is 9.53 Å². The van der Waals surface area contributed by atoms with Crippen molar-refractivity contribution in [1.82, 2.24) is 10.6 Å². The van der Waals surface area contributed by atoms with Gasteiger partial charge in [-0.3, -0.25) is 4.79 Å². The molecule has 1 saturated carbocycles. The molecule has 0 aromatic heterocycles. The number of hydrogen-bond donors (Lipinski definition) is 2. The van der Waals surface area contributed by atoms with E-state index in [0.29, 0.717) is 18.7 Å². The van der Waals surface area contributed by atoms with Gasteiger partial charge in [-0.1, -0.05) is 54.4 Å². The minimum absolute atomic E-state index is 0.0798. The highest BCUT2D eigenvalue weighted by Gasteiger charge is 2.47. The van der Waals surface area contributed by atoms with Crippen LogP contribution in [0, 0.1) is 0 Å². The van der Waals surface area contributed by atoms with Gasteiger partial charge in [0.05, 0.1) is 6.54 Å². The largest absolute Gasteiger partial charge is 0.492 e. The van der Waals surface area contributed by atoms with Gasteiger partial charge in [-0.2, -0.15) is 0 Å². The van der Waals surface area contributed by atoms with Gasteiger partial charge in [0.1, 0.15) is 12.4 Å². The van der Waals surface area contributed by atoms with E-state index in [1.54, 1.807) is 0 Å². The lowest BCUT2D eigenvalue weighted by Crippen LogP contribution is -2.49. The van der Waals surface area contributed by atoms with E-state index >= 15 is 0 Å². The topological polar surface area (TPSA) is 50.4 Å². The predicted octanol–water partition coefficient (Wildman–Crippen LogP) is 5.46. The van der Waals surface area contributed by atoms with Gasteiger partial charge >= 0.3 is 0 Å². The van der Waals surface area contributed by atoms with E-state index in [0.717, 1.165) is 23.7 Å². The first kappa shape index (κ1) is 22.0. The van der Waals surface area contributed by atoms with Crippen molar-refractivity contribution in [3.8, 4) is 5.75 Å². The number of carbonyl (C=O) groups is 1. The molecule has 0 saturated heterocycles. The zero-order chi connectivity index (χ0) is 22.7. The van der Waals surface area contributed by atoms with Crippen molar-refractivity contribution in [3.05, 3.63) is 100 Å². The number of halogens is 1. The van der Waals surface area contributed by atoms with Crippen LogP contribution in [-0.4, -0.2) is 25.6 Å². The second kappa shape index (κ2) is 9.58. The van der Waals surface area contributed by atoms with E-state index in [1.807, 2.05) is 42.5 Å². The van der Waals surface area contributed by atoms with Gasteiger partial charge in [0.2, 0.25) is 0 Å². The fourth-order valence-electron chi connectivity index (χ4n) is 5.22. The third kappa shape index (κ3) is 4.50. The summed E-state index contributed by atoms with van der Waals surface area (Å²) in [6, 6.07) is 24.3. The van der Waals surface area contributed by atoms with Crippen LogP contribution in [0.25, 0.3) is 0 Å². The minimum atomic E-state index is -0.0798. The molecule has 170 valence electrons. The fraction of sp³-hybridized carbons (Fsp3) is 0.321. The Kier molecular flexibility index (Phi) is 6.39. The number of benzene rings is 3. The van der Waals surface area contributed by atoms with E-state index in [1.165, 1.54) is 36.0 Å². The quantitative estimate of drug-likeness (QED) is 0.460. The van der Waals surface area contributed by atoms with E-state index < -0.39 is 0 Å². The van der Waals surface area contributed by atoms with Gasteiger partial charge < -0.3 is 15.4 Å². The van der Waals surface area contributed by atoms with Crippen molar-refractivity contribution in [2.75, 3.05) is 19.7 Å². The Balaban J connectivity index is 1.28. The molecule has 0 radical (unpaired) electrons. The van der Waals surface area contributed by atoms with E-state index in [-0.39, 0.29) is 17.4 Å². The molecular weight excluding hydrogens is 432 g/mol. The second-order valence-corrected chi connectivity index (χ2v) is 9.42. The summed E-state index contributed by atoms with van der Waals surface area (Å²) in [5.41, 5.74) is 4.85. The molecule has 0 spiro atoms. The Morgan fingerprint density at radius 1 is 1.06 bits per heavy atom. The van der Waals surface area contributed by atoms with E-state index in [2.05, 4.69) is 41.0 Å². The highest BCUT2D eigenvalue weighted by molar-refractivity contribution is 6.30. The van der Waals surface area contributed by atoms with Gasteiger partial charge in [0.25, 0.3) is 5.91 Å². The van der Waals surface area contributed by atoms with Crippen LogP contribution in [0.2, 0.25) is 5.02 Å². The lowest BCUT2D eigenvalue weighted by molar-refractivity contribution is 0.0947. The Morgan fingerprint density at radius 3 is 2.58 bits per heavy atom. The maximum Gasteiger partial charge on any atom is 0.251 e. The van der Waals surface area contributed by atoms with Crippen LogP contribution in [0.5, 0.6) is 5.75 Å². The van der Waals surface area contributed by atoms with Gasteiger partial charge in [0, 0.05) is 22.0 Å². The summed E-state index contributed by atoms with van der Waals surface area (Å²) >= 11 is 6.17. The smallest absolute Gasteiger partial charge is 0.251 e. The number of ether oxygens (including phenoxy) is 1. The number of hydrogen-bond acceptors (Lipinski definition) is 3. The number of fused-ring (bicyclic) bond motifs is 1. The van der Waals surface area contributed by atoms with Crippen LogP contribution in [0.3, 0.4) is 0 Å². The summed E-state index contributed by atoms with van der Waals surface area (Å²) in [6.07, 6.45) is 4.61. The molecule has 1 aliphatic carbocycles. The van der Waals surface area contributed by atoms with Crippen LogP contribution >= 0.6 is 11.6 Å². The molecule has 1 aliphatic heterocycles. The highest BCUT2D eigenvalue weighted by atomic mass is 35.5. The summed E-state index contributed by atoms with van der Waals surface area (Å²) in [7, 11) is 0. The van der Waals surface area contributed by atoms with Crippen molar-refractivity contribution in [1.29, 1.82) is 0 Å². The number of amides is 1. The van der Waals surface area contributed by atoms with Crippen LogP contribution in [0.15, 0.2) is 72.8 Å². The molecule has 1 atom stereocenters. The van der Waals surface area contributed by atoms with Crippen molar-refractivity contribution in [3.63, 3.8) is 0 Å². The minimum Gasteiger partial charge on any atom is -0.492 e. The fourth-order valence-corrected chi connectivity index (χ4v) is 5.35. The summed E-state index contributed by atoms with van der Waals surface area (Å²) < 4.78 is 6.03. The Bertz CT molecular complexity index is 1110. The average molecular weight is 461 g/mol. The molecule has 1 unspecified atom stereocenters. The van der Waals surface area contributed by atoms with E-state index in [4.69, 9.17) is 16.3 Å². The first-order valence-electron chi connectivity index (χ1n) is 11.7. The predicted molar refractivity (Wildman–Crippen MR) is 132 cm³/mol. The molecule has 33 heavy (non-hydrogen) atoms. The monoisotopic (exact) mass is 460 g/mol. The highest BCUT2D eigenvalue weighted by Crippen LogP contribution is 2.53. The molecule has 2 N–H and O–H groups in total. The lowest BCUT2D eigenvalue weighted by Gasteiger charge is -2.50. The molecule has 5 heteroatoms. The van der Waals surface area contributed by atoms with Gasteiger partial charge in [-0.05, 0) is 78.9 Å². The van der Waals surface area contributed by atoms with Crippen LogP contribution < -0.4 is 15.4 Å². The van der Waals surface area contributed by atoms with Crippen LogP contribution in [-0.2, 0) is 11.8 Å². The Labute approximate surface area is 200 Å². The molecule has 3 aromatic rings. The van der Waals surface area contributed by atoms with Crippen molar-refractivity contribution in [2.45, 2.75) is 37.1 Å². The third-order valence-corrected chi connectivity index (χ3v) is 7.33. The first-order valence-corrected chi connectivity index (χ1v) is 12.1.